The molecule has 1 rings (SSSR count). The van der Waals surface area contributed by atoms with Crippen molar-refractivity contribution in [1.82, 2.24) is 0 Å². The summed E-state index contributed by atoms with van der Waals surface area (Å²) in [5.41, 5.74) is 0. The quantitative estimate of drug-likeness (QED) is 0.458. The van der Waals surface area contributed by atoms with Crippen molar-refractivity contribution in [3.63, 3.8) is 0 Å². The number of hydrogen-bond acceptors (Lipinski definition) is 1. The van der Waals surface area contributed by atoms with Crippen LogP contribution in [-0.2, 0) is 0 Å². The minimum atomic E-state index is -0.912. The number of hydrogen-bond donors (Lipinski definition) is 1. The van der Waals surface area contributed by atoms with Gasteiger partial charge in [-0.1, -0.05) is 0 Å². The van der Waals surface area contributed by atoms with Gasteiger partial charge in [0, 0.05) is 0 Å². The predicted molar refractivity (Wildman–Crippen MR) is 20.1 cm³/mol. The van der Waals surface area contributed by atoms with Crippen LogP contribution in [0.2, 0.25) is 0 Å². The molecule has 0 saturated heterocycles. The van der Waals surface area contributed by atoms with Gasteiger partial charge in [-0.3, -0.25) is 0 Å². The normalized spacial score (nSPS) is 45.0. The largest absolute Gasteiger partial charge is 0.390 e. The molecular weight excluding hydrogens is 83.0 g/mol. The Bertz CT molecular complexity index is 47.5. The van der Waals surface area contributed by atoms with Gasteiger partial charge in [0.1, 0.15) is 6.17 Å². The van der Waals surface area contributed by atoms with Crippen LogP contribution >= 0.6 is 0 Å². The van der Waals surface area contributed by atoms with Crippen LogP contribution in [0.1, 0.15) is 12.8 Å². The van der Waals surface area contributed by atoms with E-state index >= 15 is 0 Å². The van der Waals surface area contributed by atoms with Crippen LogP contribution in [0.4, 0.5) is 4.39 Å². The molecule has 0 aliphatic heterocycles. The van der Waals surface area contributed by atoms with Gasteiger partial charge in [-0.05, 0) is 12.8 Å². The summed E-state index contributed by atoms with van der Waals surface area (Å²) in [6, 6.07) is 0. The molecule has 0 aromatic rings. The van der Waals surface area contributed by atoms with Crippen LogP contribution < -0.4 is 0 Å². The SMILES string of the molecule is O[C@H]1CC[C@@H]1F. The number of aliphatic hydroxyl groups excluding tert-OH is 1. The molecule has 1 aliphatic rings. The fourth-order valence-corrected chi connectivity index (χ4v) is 0.442. The first-order valence-electron chi connectivity index (χ1n) is 2.13. The van der Waals surface area contributed by atoms with Crippen LogP contribution in [0, 0.1) is 0 Å². The molecule has 2 heteroatoms. The maximum Gasteiger partial charge on any atom is 0.126 e. The molecule has 0 aromatic heterocycles. The van der Waals surface area contributed by atoms with Crippen molar-refractivity contribution in [3.05, 3.63) is 0 Å². The molecule has 0 radical (unpaired) electrons. The summed E-state index contributed by atoms with van der Waals surface area (Å²) >= 11 is 0. The number of alkyl halides is 1. The van der Waals surface area contributed by atoms with E-state index in [0.29, 0.717) is 12.8 Å². The molecular formula is C4H7FO. The predicted octanol–water partition coefficient (Wildman–Crippen LogP) is 0.479. The molecule has 1 fully saturated rings. The van der Waals surface area contributed by atoms with E-state index in [0.717, 1.165) is 0 Å². The second kappa shape index (κ2) is 1.19. The molecule has 0 spiro atoms. The van der Waals surface area contributed by atoms with E-state index in [4.69, 9.17) is 5.11 Å². The molecule has 1 aliphatic carbocycles. The van der Waals surface area contributed by atoms with Crippen molar-refractivity contribution in [2.75, 3.05) is 0 Å². The summed E-state index contributed by atoms with van der Waals surface area (Å²) in [6.45, 7) is 0. The highest BCUT2D eigenvalue weighted by molar-refractivity contribution is 4.78. The van der Waals surface area contributed by atoms with E-state index in [-0.39, 0.29) is 0 Å². The number of halogens is 1. The first-order chi connectivity index (χ1) is 2.80. The van der Waals surface area contributed by atoms with Crippen LogP contribution in [0.15, 0.2) is 0 Å². The van der Waals surface area contributed by atoms with Crippen LogP contribution in [0.3, 0.4) is 0 Å². The highest BCUT2D eigenvalue weighted by Gasteiger charge is 2.27. The Labute approximate surface area is 35.8 Å². The van der Waals surface area contributed by atoms with Gasteiger partial charge in [-0.15, -0.1) is 0 Å². The van der Waals surface area contributed by atoms with Gasteiger partial charge in [0.05, 0.1) is 6.10 Å². The maximum absolute atomic E-state index is 11.7. The number of rotatable bonds is 0. The maximum atomic E-state index is 11.7. The van der Waals surface area contributed by atoms with Crippen LogP contribution in [0.25, 0.3) is 0 Å². The molecule has 0 heterocycles. The summed E-state index contributed by atoms with van der Waals surface area (Å²) in [7, 11) is 0. The van der Waals surface area contributed by atoms with E-state index in [1.165, 1.54) is 0 Å². The summed E-state index contributed by atoms with van der Waals surface area (Å²) in [5.74, 6) is 0. The average molecular weight is 90.1 g/mol. The first kappa shape index (κ1) is 4.06. The molecule has 0 unspecified atom stereocenters. The lowest BCUT2D eigenvalue weighted by molar-refractivity contribution is -0.000127. The van der Waals surface area contributed by atoms with Gasteiger partial charge in [0.2, 0.25) is 0 Å². The third-order valence-electron chi connectivity index (χ3n) is 1.16. The Morgan fingerprint density at radius 2 is 2.00 bits per heavy atom. The Morgan fingerprint density at radius 3 is 2.00 bits per heavy atom. The van der Waals surface area contributed by atoms with E-state index < -0.39 is 12.3 Å². The molecule has 1 saturated carbocycles. The monoisotopic (exact) mass is 90.0 g/mol. The lowest BCUT2D eigenvalue weighted by atomic mass is 9.94. The topological polar surface area (TPSA) is 20.2 Å². The van der Waals surface area contributed by atoms with E-state index in [1.54, 1.807) is 0 Å². The summed E-state index contributed by atoms with van der Waals surface area (Å²) in [4.78, 5) is 0. The molecule has 0 bridgehead atoms. The number of aliphatic hydroxyl groups is 1. The third kappa shape index (κ3) is 0.411. The zero-order chi connectivity index (χ0) is 4.57. The zero-order valence-electron chi connectivity index (χ0n) is 3.39. The van der Waals surface area contributed by atoms with Crippen molar-refractivity contribution in [1.29, 1.82) is 0 Å². The molecule has 2 atom stereocenters. The van der Waals surface area contributed by atoms with Gasteiger partial charge in [0.15, 0.2) is 0 Å². The molecule has 0 aromatic carbocycles. The van der Waals surface area contributed by atoms with Crippen molar-refractivity contribution in [2.45, 2.75) is 25.1 Å². The lowest BCUT2D eigenvalue weighted by Crippen LogP contribution is -2.32. The van der Waals surface area contributed by atoms with Gasteiger partial charge in [-0.2, -0.15) is 0 Å². The fourth-order valence-electron chi connectivity index (χ4n) is 0.442. The van der Waals surface area contributed by atoms with E-state index in [1.807, 2.05) is 0 Å². The highest BCUT2D eigenvalue weighted by Crippen LogP contribution is 2.21. The minimum Gasteiger partial charge on any atom is -0.390 e. The van der Waals surface area contributed by atoms with Gasteiger partial charge < -0.3 is 5.11 Å². The van der Waals surface area contributed by atoms with Crippen molar-refractivity contribution in [2.24, 2.45) is 0 Å². The third-order valence-corrected chi connectivity index (χ3v) is 1.16. The van der Waals surface area contributed by atoms with E-state index in [9.17, 15) is 4.39 Å². The van der Waals surface area contributed by atoms with Crippen molar-refractivity contribution in [3.8, 4) is 0 Å². The van der Waals surface area contributed by atoms with E-state index in [2.05, 4.69) is 0 Å². The van der Waals surface area contributed by atoms with Gasteiger partial charge in [0.25, 0.3) is 0 Å². The Morgan fingerprint density at radius 1 is 1.50 bits per heavy atom. The first-order valence-corrected chi connectivity index (χ1v) is 2.13. The summed E-state index contributed by atoms with van der Waals surface area (Å²) in [5, 5.41) is 8.34. The second-order valence-electron chi connectivity index (χ2n) is 1.66. The average Bonchev–Trinajstić information content (AvgIpc) is 1.61. The van der Waals surface area contributed by atoms with Crippen LogP contribution in [-0.4, -0.2) is 17.4 Å². The second-order valence-corrected chi connectivity index (χ2v) is 1.66. The standard InChI is InChI=1S/C4H7FO/c5-3-1-2-4(3)6/h3-4,6H,1-2H2/t3-,4-/m0/s1. The van der Waals surface area contributed by atoms with Crippen molar-refractivity contribution >= 4 is 0 Å². The van der Waals surface area contributed by atoms with Crippen molar-refractivity contribution < 1.29 is 9.50 Å². The summed E-state index contributed by atoms with van der Waals surface area (Å²) in [6.07, 6.45) is -0.336. The Balaban J connectivity index is 2.20. The molecule has 0 amide bonds. The Kier molecular flexibility index (Phi) is 0.804. The summed E-state index contributed by atoms with van der Waals surface area (Å²) < 4.78 is 11.7. The smallest absolute Gasteiger partial charge is 0.126 e. The molecule has 6 heavy (non-hydrogen) atoms. The zero-order valence-corrected chi connectivity index (χ0v) is 3.39. The van der Waals surface area contributed by atoms with Crippen LogP contribution in [0.5, 0.6) is 0 Å². The minimum absolute atomic E-state index is 0.557. The molecule has 1 N–H and O–H groups in total. The Hall–Kier alpha value is -0.110. The molecule has 36 valence electrons. The fraction of sp³-hybridized carbons (Fsp3) is 1.00. The molecule has 1 nitrogen and oxygen atoms in total. The highest BCUT2D eigenvalue weighted by atomic mass is 19.1. The lowest BCUT2D eigenvalue weighted by Gasteiger charge is -2.24. The van der Waals surface area contributed by atoms with Gasteiger partial charge >= 0.3 is 0 Å². The van der Waals surface area contributed by atoms with Gasteiger partial charge in [-0.25, -0.2) is 4.39 Å².